The highest BCUT2D eigenvalue weighted by Gasteiger charge is 2.12. The normalized spacial score (nSPS) is 11.2. The fourth-order valence-electron chi connectivity index (χ4n) is 1.43. The summed E-state index contributed by atoms with van der Waals surface area (Å²) in [4.78, 5) is 16.2. The highest BCUT2D eigenvalue weighted by atomic mass is 16.7. The molecule has 0 aliphatic heterocycles. The van der Waals surface area contributed by atoms with Crippen LogP contribution in [0.3, 0.4) is 0 Å². The molecule has 0 aliphatic carbocycles. The Bertz CT molecular complexity index is 646. The van der Waals surface area contributed by atoms with E-state index in [1.165, 1.54) is 6.07 Å². The minimum Gasteiger partial charge on any atom is -0.486 e. The standard InChI is InChI=1S/C14H15N3O4/c1-9-3-5-11(6-4-9)19-8-13(15)17-21-14(18)12-7-10(2)20-16-12/h3-7H,8H2,1-2H3,(H2,15,17). The summed E-state index contributed by atoms with van der Waals surface area (Å²) >= 11 is 0. The van der Waals surface area contributed by atoms with Crippen LogP contribution in [-0.2, 0) is 4.84 Å². The van der Waals surface area contributed by atoms with E-state index in [4.69, 9.17) is 15.0 Å². The van der Waals surface area contributed by atoms with Gasteiger partial charge in [0.25, 0.3) is 0 Å². The summed E-state index contributed by atoms with van der Waals surface area (Å²) in [7, 11) is 0. The first kappa shape index (κ1) is 14.6. The van der Waals surface area contributed by atoms with E-state index < -0.39 is 5.97 Å². The number of nitrogens with two attached hydrogens (primary N) is 1. The first-order valence-corrected chi connectivity index (χ1v) is 6.21. The highest BCUT2D eigenvalue weighted by molar-refractivity contribution is 5.88. The average Bonchev–Trinajstić information content (AvgIpc) is 2.91. The molecule has 2 aromatic rings. The monoisotopic (exact) mass is 289 g/mol. The maximum absolute atomic E-state index is 11.5. The van der Waals surface area contributed by atoms with E-state index in [1.807, 2.05) is 31.2 Å². The second-order valence-corrected chi connectivity index (χ2v) is 4.39. The molecule has 0 radical (unpaired) electrons. The van der Waals surface area contributed by atoms with Crippen LogP contribution in [0.2, 0.25) is 0 Å². The van der Waals surface area contributed by atoms with E-state index in [2.05, 4.69) is 15.1 Å². The molecule has 21 heavy (non-hydrogen) atoms. The number of amidine groups is 1. The van der Waals surface area contributed by atoms with E-state index in [9.17, 15) is 4.79 Å². The number of aromatic nitrogens is 1. The third-order valence-electron chi connectivity index (χ3n) is 2.49. The molecule has 0 saturated heterocycles. The summed E-state index contributed by atoms with van der Waals surface area (Å²) in [5.74, 6) is 0.438. The predicted molar refractivity (Wildman–Crippen MR) is 75.0 cm³/mol. The van der Waals surface area contributed by atoms with Crippen LogP contribution < -0.4 is 10.5 Å². The molecular formula is C14H15N3O4. The Labute approximate surface area is 121 Å². The molecule has 0 spiro atoms. The van der Waals surface area contributed by atoms with Crippen LogP contribution in [-0.4, -0.2) is 23.6 Å². The average molecular weight is 289 g/mol. The molecule has 7 heteroatoms. The van der Waals surface area contributed by atoms with Crippen molar-refractivity contribution in [3.8, 4) is 5.75 Å². The van der Waals surface area contributed by atoms with Gasteiger partial charge < -0.3 is 19.8 Å². The smallest absolute Gasteiger partial charge is 0.387 e. The Morgan fingerprint density at radius 2 is 2.05 bits per heavy atom. The third kappa shape index (κ3) is 4.34. The van der Waals surface area contributed by atoms with Gasteiger partial charge in [0.05, 0.1) is 0 Å². The maximum Gasteiger partial charge on any atom is 0.387 e. The molecule has 7 nitrogen and oxygen atoms in total. The Kier molecular flexibility index (Phi) is 4.55. The largest absolute Gasteiger partial charge is 0.486 e. The molecule has 2 N–H and O–H groups in total. The Balaban J connectivity index is 1.84. The quantitative estimate of drug-likeness (QED) is 0.390. The molecule has 0 aliphatic rings. The molecule has 0 bridgehead atoms. The van der Waals surface area contributed by atoms with Crippen LogP contribution in [0.1, 0.15) is 21.8 Å². The summed E-state index contributed by atoms with van der Waals surface area (Å²) in [6.07, 6.45) is 0. The van der Waals surface area contributed by atoms with Crippen molar-refractivity contribution in [3.05, 3.63) is 47.3 Å². The van der Waals surface area contributed by atoms with Crippen molar-refractivity contribution in [1.82, 2.24) is 5.16 Å². The van der Waals surface area contributed by atoms with Crippen molar-refractivity contribution in [3.63, 3.8) is 0 Å². The Morgan fingerprint density at radius 3 is 2.67 bits per heavy atom. The zero-order valence-electron chi connectivity index (χ0n) is 11.7. The SMILES string of the molecule is Cc1ccc(OCC(N)=NOC(=O)c2cc(C)on2)cc1. The molecule has 1 heterocycles. The van der Waals surface area contributed by atoms with Crippen LogP contribution in [0.25, 0.3) is 0 Å². The summed E-state index contributed by atoms with van der Waals surface area (Å²) in [5, 5.41) is 6.99. The van der Waals surface area contributed by atoms with Gasteiger partial charge >= 0.3 is 5.97 Å². The molecule has 0 atom stereocenters. The van der Waals surface area contributed by atoms with Crippen LogP contribution in [0, 0.1) is 13.8 Å². The molecule has 0 fully saturated rings. The highest BCUT2D eigenvalue weighted by Crippen LogP contribution is 2.11. The molecule has 2 rings (SSSR count). The number of aryl methyl sites for hydroxylation is 2. The van der Waals surface area contributed by atoms with Crippen LogP contribution in [0.5, 0.6) is 5.75 Å². The molecule has 0 unspecified atom stereocenters. The summed E-state index contributed by atoms with van der Waals surface area (Å²) < 4.78 is 10.1. The number of nitrogens with zero attached hydrogens (tertiary/aromatic N) is 2. The third-order valence-corrected chi connectivity index (χ3v) is 2.49. The lowest BCUT2D eigenvalue weighted by Crippen LogP contribution is -2.22. The number of ether oxygens (including phenoxy) is 1. The van der Waals surface area contributed by atoms with Gasteiger partial charge in [-0.1, -0.05) is 28.0 Å². The van der Waals surface area contributed by atoms with Crippen molar-refractivity contribution >= 4 is 11.8 Å². The molecule has 0 saturated carbocycles. The second kappa shape index (κ2) is 6.56. The first-order valence-electron chi connectivity index (χ1n) is 6.21. The molecular weight excluding hydrogens is 274 g/mol. The fourth-order valence-corrected chi connectivity index (χ4v) is 1.43. The number of oxime groups is 1. The molecule has 0 amide bonds. The predicted octanol–water partition coefficient (Wildman–Crippen LogP) is 1.80. The van der Waals surface area contributed by atoms with Crippen molar-refractivity contribution < 1.29 is 18.9 Å². The zero-order chi connectivity index (χ0) is 15.2. The number of carbonyl (C=O) groups excluding carboxylic acids is 1. The number of rotatable bonds is 5. The lowest BCUT2D eigenvalue weighted by Gasteiger charge is -2.05. The summed E-state index contributed by atoms with van der Waals surface area (Å²) in [5.41, 5.74) is 6.74. The van der Waals surface area contributed by atoms with E-state index in [0.717, 1.165) is 5.56 Å². The van der Waals surface area contributed by atoms with Gasteiger partial charge in [-0.05, 0) is 26.0 Å². The molecule has 1 aromatic heterocycles. The summed E-state index contributed by atoms with van der Waals surface area (Å²) in [6.45, 7) is 3.65. The summed E-state index contributed by atoms with van der Waals surface area (Å²) in [6, 6.07) is 8.89. The molecule has 1 aromatic carbocycles. The van der Waals surface area contributed by atoms with Gasteiger partial charge in [-0.3, -0.25) is 0 Å². The van der Waals surface area contributed by atoms with Gasteiger partial charge in [0.2, 0.25) is 0 Å². The fraction of sp³-hybridized carbons (Fsp3) is 0.214. The van der Waals surface area contributed by atoms with Crippen LogP contribution >= 0.6 is 0 Å². The number of carbonyl (C=O) groups is 1. The minimum absolute atomic E-state index is 0.00812. The lowest BCUT2D eigenvalue weighted by molar-refractivity contribution is 0.0501. The minimum atomic E-state index is -0.745. The van der Waals surface area contributed by atoms with E-state index >= 15 is 0 Å². The molecule has 110 valence electrons. The Hall–Kier alpha value is -2.83. The van der Waals surface area contributed by atoms with Crippen molar-refractivity contribution in [1.29, 1.82) is 0 Å². The van der Waals surface area contributed by atoms with Gasteiger partial charge in [0.1, 0.15) is 18.1 Å². The van der Waals surface area contributed by atoms with Crippen LogP contribution in [0.4, 0.5) is 0 Å². The second-order valence-electron chi connectivity index (χ2n) is 4.39. The number of hydrogen-bond acceptors (Lipinski definition) is 6. The van der Waals surface area contributed by atoms with Crippen molar-refractivity contribution in [2.24, 2.45) is 10.9 Å². The maximum atomic E-state index is 11.5. The van der Waals surface area contributed by atoms with Gasteiger partial charge in [-0.2, -0.15) is 0 Å². The number of hydrogen-bond donors (Lipinski definition) is 1. The van der Waals surface area contributed by atoms with E-state index in [0.29, 0.717) is 11.5 Å². The van der Waals surface area contributed by atoms with Gasteiger partial charge in [-0.15, -0.1) is 0 Å². The van der Waals surface area contributed by atoms with Gasteiger partial charge in [0.15, 0.2) is 11.5 Å². The van der Waals surface area contributed by atoms with Gasteiger partial charge in [-0.25, -0.2) is 4.79 Å². The first-order chi connectivity index (χ1) is 10.0. The van der Waals surface area contributed by atoms with Crippen molar-refractivity contribution in [2.75, 3.05) is 6.61 Å². The van der Waals surface area contributed by atoms with Crippen LogP contribution in [0.15, 0.2) is 40.0 Å². The zero-order valence-corrected chi connectivity index (χ0v) is 11.7. The van der Waals surface area contributed by atoms with E-state index in [1.54, 1.807) is 6.92 Å². The van der Waals surface area contributed by atoms with E-state index in [-0.39, 0.29) is 18.1 Å². The Morgan fingerprint density at radius 1 is 1.33 bits per heavy atom. The van der Waals surface area contributed by atoms with Crippen molar-refractivity contribution in [2.45, 2.75) is 13.8 Å². The lowest BCUT2D eigenvalue weighted by atomic mass is 10.2. The number of benzene rings is 1. The van der Waals surface area contributed by atoms with Gasteiger partial charge in [0, 0.05) is 6.07 Å². The topological polar surface area (TPSA) is 99.9 Å².